The Morgan fingerprint density at radius 3 is 2.48 bits per heavy atom. The van der Waals surface area contributed by atoms with Crippen LogP contribution < -0.4 is 5.09 Å². The SMILES string of the molecule is CCC(=O)NPC1CC[C@@H](n2nncc2-c2ccc(-c3ccc(-n4cccn4)cc3)cc2)C1. The van der Waals surface area contributed by atoms with Crippen LogP contribution in [0.2, 0.25) is 0 Å². The van der Waals surface area contributed by atoms with Crippen LogP contribution in [0.3, 0.4) is 0 Å². The minimum Gasteiger partial charge on any atom is -0.338 e. The molecule has 3 atom stereocenters. The summed E-state index contributed by atoms with van der Waals surface area (Å²) in [6.45, 7) is 1.89. The molecule has 1 fully saturated rings. The summed E-state index contributed by atoms with van der Waals surface area (Å²) in [4.78, 5) is 11.6. The molecule has 0 bridgehead atoms. The Hall–Kier alpha value is -3.31. The molecule has 8 heteroatoms. The van der Waals surface area contributed by atoms with Crippen LogP contribution in [0.4, 0.5) is 0 Å². The van der Waals surface area contributed by atoms with Gasteiger partial charge in [0.05, 0.1) is 23.6 Å². The average molecular weight is 459 g/mol. The average Bonchev–Trinajstić information content (AvgIpc) is 3.64. The number of nitrogens with one attached hydrogen (secondary N) is 1. The van der Waals surface area contributed by atoms with Crippen molar-refractivity contribution in [3.8, 4) is 28.1 Å². The van der Waals surface area contributed by atoms with Crippen molar-refractivity contribution >= 4 is 14.6 Å². The number of carbonyl (C=O) groups is 1. The molecular formula is C25H27N6OP. The highest BCUT2D eigenvalue weighted by molar-refractivity contribution is 7.37. The van der Waals surface area contributed by atoms with E-state index >= 15 is 0 Å². The predicted molar refractivity (Wildman–Crippen MR) is 131 cm³/mol. The molecule has 2 aromatic heterocycles. The smallest absolute Gasteiger partial charge is 0.222 e. The Kier molecular flexibility index (Phi) is 6.31. The molecule has 1 aliphatic carbocycles. The molecule has 1 aliphatic rings. The summed E-state index contributed by atoms with van der Waals surface area (Å²) >= 11 is 0. The van der Waals surface area contributed by atoms with Gasteiger partial charge in [-0.05, 0) is 63.0 Å². The molecule has 2 unspecified atom stereocenters. The molecule has 1 saturated carbocycles. The van der Waals surface area contributed by atoms with Crippen LogP contribution in [0.15, 0.2) is 73.2 Å². The molecule has 5 rings (SSSR count). The van der Waals surface area contributed by atoms with Gasteiger partial charge in [0.15, 0.2) is 0 Å². The lowest BCUT2D eigenvalue weighted by Gasteiger charge is -2.15. The van der Waals surface area contributed by atoms with E-state index in [0.717, 1.165) is 41.8 Å². The highest BCUT2D eigenvalue weighted by Gasteiger charge is 2.28. The maximum absolute atomic E-state index is 11.6. The van der Waals surface area contributed by atoms with Crippen LogP contribution in [0, 0.1) is 0 Å². The zero-order valence-electron chi connectivity index (χ0n) is 18.6. The molecule has 7 nitrogen and oxygen atoms in total. The molecule has 0 saturated heterocycles. The number of aromatic nitrogens is 5. The highest BCUT2D eigenvalue weighted by Crippen LogP contribution is 2.40. The fraction of sp³-hybridized carbons (Fsp3) is 0.280. The third-order valence-corrected chi connectivity index (χ3v) is 7.57. The van der Waals surface area contributed by atoms with Gasteiger partial charge in [0, 0.05) is 24.4 Å². The maximum atomic E-state index is 11.6. The van der Waals surface area contributed by atoms with E-state index in [2.05, 4.69) is 73.7 Å². The zero-order chi connectivity index (χ0) is 22.6. The lowest BCUT2D eigenvalue weighted by Crippen LogP contribution is -2.16. The fourth-order valence-electron chi connectivity index (χ4n) is 4.36. The lowest BCUT2D eigenvalue weighted by molar-refractivity contribution is -0.118. The van der Waals surface area contributed by atoms with Gasteiger partial charge in [0.2, 0.25) is 5.91 Å². The van der Waals surface area contributed by atoms with E-state index in [1.54, 1.807) is 6.20 Å². The molecule has 0 aliphatic heterocycles. The molecule has 2 heterocycles. The Labute approximate surface area is 195 Å². The Morgan fingerprint density at radius 2 is 1.79 bits per heavy atom. The number of hydrogen-bond acceptors (Lipinski definition) is 4. The molecule has 168 valence electrons. The number of nitrogens with zero attached hydrogens (tertiary/aromatic N) is 5. The van der Waals surface area contributed by atoms with Crippen molar-refractivity contribution in [1.82, 2.24) is 29.9 Å². The van der Waals surface area contributed by atoms with Crippen LogP contribution in [-0.2, 0) is 4.79 Å². The molecule has 0 spiro atoms. The number of rotatable bonds is 7. The van der Waals surface area contributed by atoms with Crippen LogP contribution in [0.5, 0.6) is 0 Å². The van der Waals surface area contributed by atoms with Crippen molar-refractivity contribution in [1.29, 1.82) is 0 Å². The van der Waals surface area contributed by atoms with E-state index in [4.69, 9.17) is 0 Å². The Morgan fingerprint density at radius 1 is 1.06 bits per heavy atom. The van der Waals surface area contributed by atoms with E-state index in [9.17, 15) is 4.79 Å². The van der Waals surface area contributed by atoms with Crippen LogP contribution in [-0.4, -0.2) is 36.3 Å². The van der Waals surface area contributed by atoms with Gasteiger partial charge in [0.1, 0.15) is 0 Å². The summed E-state index contributed by atoms with van der Waals surface area (Å²) in [5.41, 5.74) is 6.05. The van der Waals surface area contributed by atoms with Gasteiger partial charge < -0.3 is 5.09 Å². The lowest BCUT2D eigenvalue weighted by atomic mass is 10.0. The molecule has 1 amide bonds. The third kappa shape index (κ3) is 4.74. The van der Waals surface area contributed by atoms with Crippen LogP contribution in [0.25, 0.3) is 28.1 Å². The summed E-state index contributed by atoms with van der Waals surface area (Å²) < 4.78 is 3.92. The van der Waals surface area contributed by atoms with Crippen molar-refractivity contribution in [3.63, 3.8) is 0 Å². The molecule has 33 heavy (non-hydrogen) atoms. The molecule has 4 aromatic rings. The van der Waals surface area contributed by atoms with Crippen LogP contribution in [0.1, 0.15) is 38.6 Å². The second kappa shape index (κ2) is 9.67. The minimum atomic E-state index is 0.134. The molecule has 1 N–H and O–H groups in total. The number of amides is 1. The Balaban J connectivity index is 1.28. The van der Waals surface area contributed by atoms with Gasteiger partial charge in [-0.3, -0.25) is 4.79 Å². The standard InChI is InChI=1S/C25H27N6OP/c1-2-25(32)28-33-23-13-12-22(16-23)31-24(17-26-29-31)20-6-4-18(5-7-20)19-8-10-21(11-9-19)30-15-3-14-27-30/h3-11,14-15,17,22-23,33H,2,12-13,16H2,1H3,(H,28,32)/t22-,23?/m1/s1. The van der Waals surface area contributed by atoms with Gasteiger partial charge in [0.25, 0.3) is 0 Å². The van der Waals surface area contributed by atoms with E-state index in [1.807, 2.05) is 30.1 Å². The van der Waals surface area contributed by atoms with Gasteiger partial charge in [-0.1, -0.05) is 48.5 Å². The van der Waals surface area contributed by atoms with Gasteiger partial charge >= 0.3 is 0 Å². The number of hydrogen-bond donors (Lipinski definition) is 1. The summed E-state index contributed by atoms with van der Waals surface area (Å²) in [6.07, 6.45) is 9.32. The quantitative estimate of drug-likeness (QED) is 0.395. The summed E-state index contributed by atoms with van der Waals surface area (Å²) in [6, 6.07) is 19.2. The van der Waals surface area contributed by atoms with Crippen LogP contribution >= 0.6 is 8.73 Å². The number of carbonyl (C=O) groups excluding carboxylic acids is 1. The Bertz CT molecular complexity index is 1200. The first-order valence-corrected chi connectivity index (χ1v) is 12.4. The predicted octanol–water partition coefficient (Wildman–Crippen LogP) is 5.01. The minimum absolute atomic E-state index is 0.134. The molecule has 2 aromatic carbocycles. The second-order valence-electron chi connectivity index (χ2n) is 8.35. The van der Waals surface area contributed by atoms with Crippen molar-refractivity contribution in [2.24, 2.45) is 0 Å². The van der Waals surface area contributed by atoms with Gasteiger partial charge in [-0.25, -0.2) is 9.36 Å². The third-order valence-electron chi connectivity index (χ3n) is 6.21. The zero-order valence-corrected chi connectivity index (χ0v) is 19.6. The second-order valence-corrected chi connectivity index (χ2v) is 9.70. The fourth-order valence-corrected chi connectivity index (χ4v) is 5.61. The summed E-state index contributed by atoms with van der Waals surface area (Å²) in [5, 5.41) is 16.0. The van der Waals surface area contributed by atoms with E-state index < -0.39 is 0 Å². The van der Waals surface area contributed by atoms with Crippen molar-refractivity contribution in [2.75, 3.05) is 0 Å². The first-order valence-electron chi connectivity index (χ1n) is 11.4. The molecule has 0 radical (unpaired) electrons. The normalized spacial score (nSPS) is 18.2. The largest absolute Gasteiger partial charge is 0.338 e. The highest BCUT2D eigenvalue weighted by atomic mass is 31.1. The van der Waals surface area contributed by atoms with E-state index in [-0.39, 0.29) is 5.91 Å². The van der Waals surface area contributed by atoms with E-state index in [1.165, 1.54) is 5.56 Å². The van der Waals surface area contributed by atoms with Crippen molar-refractivity contribution in [3.05, 3.63) is 73.2 Å². The summed E-state index contributed by atoms with van der Waals surface area (Å²) in [7, 11) is 0.484. The van der Waals surface area contributed by atoms with Gasteiger partial charge in [-0.15, -0.1) is 5.10 Å². The first-order chi connectivity index (χ1) is 16.2. The first kappa shape index (κ1) is 21.5. The van der Waals surface area contributed by atoms with E-state index in [0.29, 0.717) is 26.9 Å². The van der Waals surface area contributed by atoms with Crippen molar-refractivity contribution in [2.45, 2.75) is 44.3 Å². The maximum Gasteiger partial charge on any atom is 0.222 e. The molecular weight excluding hydrogens is 431 g/mol. The monoisotopic (exact) mass is 458 g/mol. The van der Waals surface area contributed by atoms with Crippen molar-refractivity contribution < 1.29 is 4.79 Å². The van der Waals surface area contributed by atoms with Gasteiger partial charge in [-0.2, -0.15) is 5.10 Å². The summed E-state index contributed by atoms with van der Waals surface area (Å²) in [5.74, 6) is 0.134. The number of benzene rings is 2. The topological polar surface area (TPSA) is 77.6 Å².